The van der Waals surface area contributed by atoms with Gasteiger partial charge in [-0.2, -0.15) is 0 Å². The van der Waals surface area contributed by atoms with Crippen molar-refractivity contribution in [1.29, 1.82) is 0 Å². The molecule has 0 aliphatic heterocycles. The molecule has 15 heavy (non-hydrogen) atoms. The first-order chi connectivity index (χ1) is 7.00. The Bertz CT molecular complexity index is 609. The summed E-state index contributed by atoms with van der Waals surface area (Å²) in [5.41, 5.74) is 5.49. The molecule has 2 heterocycles. The van der Waals surface area contributed by atoms with Gasteiger partial charge >= 0.3 is 5.69 Å². The molecule has 3 N–H and O–H groups in total. The van der Waals surface area contributed by atoms with Gasteiger partial charge in [0.2, 0.25) is 0 Å². The molecule has 0 fully saturated rings. The fourth-order valence-corrected chi connectivity index (χ4v) is 1.38. The van der Waals surface area contributed by atoms with Crippen LogP contribution >= 0.6 is 0 Å². The van der Waals surface area contributed by atoms with E-state index in [-0.39, 0.29) is 16.9 Å². The Morgan fingerprint density at radius 1 is 1.47 bits per heavy atom. The van der Waals surface area contributed by atoms with Gasteiger partial charge in [-0.1, -0.05) is 0 Å². The summed E-state index contributed by atoms with van der Waals surface area (Å²) in [5, 5.41) is 0. The zero-order valence-corrected chi connectivity index (χ0v) is 8.24. The predicted molar refractivity (Wildman–Crippen MR) is 52.4 cm³/mol. The molecule has 0 bridgehead atoms. The first kappa shape index (κ1) is 9.38. The van der Waals surface area contributed by atoms with Gasteiger partial charge in [-0.3, -0.25) is 9.36 Å². The summed E-state index contributed by atoms with van der Waals surface area (Å²) >= 11 is 0. The molecule has 0 radical (unpaired) electrons. The number of aromatic amines is 1. The summed E-state index contributed by atoms with van der Waals surface area (Å²) in [7, 11) is 1.55. The van der Waals surface area contributed by atoms with Crippen LogP contribution in [0.4, 0.5) is 0 Å². The molecule has 0 unspecified atom stereocenters. The summed E-state index contributed by atoms with van der Waals surface area (Å²) < 4.78 is 1.30. The molecule has 0 spiro atoms. The number of aryl methyl sites for hydroxylation is 2. The highest BCUT2D eigenvalue weighted by atomic mass is 16.2. The fraction of sp³-hybridized carbons (Fsp3) is 0.250. The lowest BCUT2D eigenvalue weighted by Crippen LogP contribution is -2.15. The van der Waals surface area contributed by atoms with E-state index < -0.39 is 5.91 Å². The number of aromatic nitrogens is 4. The zero-order valence-electron chi connectivity index (χ0n) is 8.24. The highest BCUT2D eigenvalue weighted by Crippen LogP contribution is 2.10. The predicted octanol–water partition coefficient (Wildman–Crippen LogP) is -0.936. The molecule has 2 aromatic rings. The average molecular weight is 207 g/mol. The molecular weight excluding hydrogens is 198 g/mol. The summed E-state index contributed by atoms with van der Waals surface area (Å²) in [6.07, 6.45) is 0. The van der Waals surface area contributed by atoms with Crippen molar-refractivity contribution in [3.05, 3.63) is 22.0 Å². The third-order valence-electron chi connectivity index (χ3n) is 2.09. The Morgan fingerprint density at radius 3 is 2.73 bits per heavy atom. The molecule has 7 heteroatoms. The van der Waals surface area contributed by atoms with Crippen LogP contribution in [0.15, 0.2) is 4.79 Å². The SMILES string of the molecule is Cc1nc(C(N)=O)c2[nH]c(=O)n(C)c2n1. The van der Waals surface area contributed by atoms with Gasteiger partial charge < -0.3 is 10.7 Å². The van der Waals surface area contributed by atoms with Crippen LogP contribution in [0.3, 0.4) is 0 Å². The topological polar surface area (TPSA) is 107 Å². The Kier molecular flexibility index (Phi) is 1.82. The van der Waals surface area contributed by atoms with Crippen LogP contribution in [0, 0.1) is 6.92 Å². The number of fused-ring (bicyclic) bond motifs is 1. The van der Waals surface area contributed by atoms with E-state index in [0.717, 1.165) is 0 Å². The average Bonchev–Trinajstić information content (AvgIpc) is 2.43. The van der Waals surface area contributed by atoms with E-state index in [1.54, 1.807) is 14.0 Å². The number of carbonyl (C=O) groups is 1. The molecule has 78 valence electrons. The van der Waals surface area contributed by atoms with Gasteiger partial charge in [-0.05, 0) is 6.92 Å². The minimum Gasteiger partial charge on any atom is -0.364 e. The van der Waals surface area contributed by atoms with E-state index in [0.29, 0.717) is 11.5 Å². The second-order valence-corrected chi connectivity index (χ2v) is 3.17. The van der Waals surface area contributed by atoms with Gasteiger partial charge in [0.25, 0.3) is 5.91 Å². The molecule has 0 aromatic carbocycles. The summed E-state index contributed by atoms with van der Waals surface area (Å²) in [6.45, 7) is 1.63. The van der Waals surface area contributed by atoms with E-state index in [1.165, 1.54) is 4.57 Å². The fourth-order valence-electron chi connectivity index (χ4n) is 1.38. The Labute approximate surface area is 83.9 Å². The maximum absolute atomic E-state index is 11.3. The first-order valence-corrected chi connectivity index (χ1v) is 4.24. The molecule has 1 amide bonds. The van der Waals surface area contributed by atoms with Gasteiger partial charge in [0.05, 0.1) is 0 Å². The molecule has 2 rings (SSSR count). The quantitative estimate of drug-likeness (QED) is 0.629. The van der Waals surface area contributed by atoms with E-state index in [4.69, 9.17) is 5.73 Å². The summed E-state index contributed by atoms with van der Waals surface area (Å²) in [4.78, 5) is 32.8. The van der Waals surface area contributed by atoms with Crippen molar-refractivity contribution in [2.75, 3.05) is 0 Å². The van der Waals surface area contributed by atoms with Crippen LogP contribution in [0.5, 0.6) is 0 Å². The number of rotatable bonds is 1. The number of amides is 1. The van der Waals surface area contributed by atoms with Crippen LogP contribution in [0.25, 0.3) is 11.2 Å². The summed E-state index contributed by atoms with van der Waals surface area (Å²) in [5.74, 6) is -0.293. The molecule has 7 nitrogen and oxygen atoms in total. The minimum absolute atomic E-state index is 0.0372. The minimum atomic E-state index is -0.688. The lowest BCUT2D eigenvalue weighted by Gasteiger charge is -1.99. The number of carbonyl (C=O) groups excluding carboxylic acids is 1. The zero-order chi connectivity index (χ0) is 11.2. The van der Waals surface area contributed by atoms with Gasteiger partial charge in [0.15, 0.2) is 11.3 Å². The van der Waals surface area contributed by atoms with Crippen molar-refractivity contribution in [3.63, 3.8) is 0 Å². The smallest absolute Gasteiger partial charge is 0.327 e. The summed E-state index contributed by atoms with van der Waals surface area (Å²) in [6, 6.07) is 0. The number of hydrogen-bond acceptors (Lipinski definition) is 4. The number of nitrogens with one attached hydrogen (secondary N) is 1. The van der Waals surface area contributed by atoms with Gasteiger partial charge in [0.1, 0.15) is 11.3 Å². The largest absolute Gasteiger partial charge is 0.364 e. The number of nitrogens with zero attached hydrogens (tertiary/aromatic N) is 3. The maximum Gasteiger partial charge on any atom is 0.327 e. The van der Waals surface area contributed by atoms with Crippen LogP contribution in [-0.2, 0) is 7.05 Å². The van der Waals surface area contributed by atoms with Gasteiger partial charge in [0, 0.05) is 7.05 Å². The van der Waals surface area contributed by atoms with Crippen molar-refractivity contribution in [1.82, 2.24) is 19.5 Å². The first-order valence-electron chi connectivity index (χ1n) is 4.24. The van der Waals surface area contributed by atoms with Crippen molar-refractivity contribution >= 4 is 17.1 Å². The Hall–Kier alpha value is -2.18. The molecule has 0 aliphatic carbocycles. The second kappa shape index (κ2) is 2.91. The number of H-pyrrole nitrogens is 1. The maximum atomic E-state index is 11.3. The van der Waals surface area contributed by atoms with Crippen molar-refractivity contribution in [3.8, 4) is 0 Å². The molecule has 0 aliphatic rings. The van der Waals surface area contributed by atoms with Crippen LogP contribution in [0.1, 0.15) is 16.3 Å². The lowest BCUT2D eigenvalue weighted by atomic mass is 10.3. The van der Waals surface area contributed by atoms with E-state index in [9.17, 15) is 9.59 Å². The highest BCUT2D eigenvalue weighted by molar-refractivity contribution is 6.01. The second-order valence-electron chi connectivity index (χ2n) is 3.17. The molecule has 2 aromatic heterocycles. The lowest BCUT2D eigenvalue weighted by molar-refractivity contribution is 0.0997. The number of primary amides is 1. The van der Waals surface area contributed by atoms with Crippen molar-refractivity contribution in [2.24, 2.45) is 12.8 Å². The number of nitrogens with two attached hydrogens (primary N) is 1. The standard InChI is InChI=1S/C8H9N5O2/c1-3-10-4(6(9)14)5-7(11-3)13(2)8(15)12-5/h1-2H3,(H2,9,14)(H,12,15). The van der Waals surface area contributed by atoms with Crippen molar-refractivity contribution in [2.45, 2.75) is 6.92 Å². The van der Waals surface area contributed by atoms with E-state index in [2.05, 4.69) is 15.0 Å². The van der Waals surface area contributed by atoms with Gasteiger partial charge in [-0.15, -0.1) is 0 Å². The van der Waals surface area contributed by atoms with Crippen LogP contribution in [0.2, 0.25) is 0 Å². The molecule has 0 saturated heterocycles. The molecular formula is C8H9N5O2. The third kappa shape index (κ3) is 1.28. The Morgan fingerprint density at radius 2 is 2.13 bits per heavy atom. The third-order valence-corrected chi connectivity index (χ3v) is 2.09. The number of imidazole rings is 1. The Balaban J connectivity index is 2.99. The molecule has 0 atom stereocenters. The molecule has 0 saturated carbocycles. The monoisotopic (exact) mass is 207 g/mol. The van der Waals surface area contributed by atoms with Gasteiger partial charge in [-0.25, -0.2) is 14.8 Å². The van der Waals surface area contributed by atoms with Crippen LogP contribution in [-0.4, -0.2) is 25.4 Å². The highest BCUT2D eigenvalue weighted by Gasteiger charge is 2.15. The van der Waals surface area contributed by atoms with E-state index in [1.807, 2.05) is 0 Å². The van der Waals surface area contributed by atoms with E-state index >= 15 is 0 Å². The number of hydrogen-bond donors (Lipinski definition) is 2. The van der Waals surface area contributed by atoms with Crippen LogP contribution < -0.4 is 11.4 Å². The normalized spacial score (nSPS) is 10.8. The van der Waals surface area contributed by atoms with Crippen molar-refractivity contribution < 1.29 is 4.79 Å².